The van der Waals surface area contributed by atoms with Crippen LogP contribution in [0.4, 0.5) is 0 Å². The van der Waals surface area contributed by atoms with E-state index >= 15 is 0 Å². The molecule has 0 aromatic heterocycles. The summed E-state index contributed by atoms with van der Waals surface area (Å²) < 4.78 is 5.99. The molecule has 0 radical (unpaired) electrons. The normalized spacial score (nSPS) is 11.4. The number of halogens is 2. The van der Waals surface area contributed by atoms with E-state index < -0.39 is 0 Å². The number of ether oxygens (including phenoxy) is 1. The molecule has 0 aliphatic rings. The molecule has 0 saturated carbocycles. The van der Waals surface area contributed by atoms with Gasteiger partial charge in [0, 0.05) is 16.6 Å². The van der Waals surface area contributed by atoms with Gasteiger partial charge in [0.05, 0.1) is 6.61 Å². The van der Waals surface area contributed by atoms with Crippen LogP contribution >= 0.6 is 45.2 Å². The van der Waals surface area contributed by atoms with Crippen LogP contribution in [0.15, 0.2) is 12.2 Å². The summed E-state index contributed by atoms with van der Waals surface area (Å²) >= 11 is 5.10. The first-order valence-electron chi connectivity index (χ1n) is 7.65. The van der Waals surface area contributed by atoms with E-state index in [2.05, 4.69) is 51.8 Å². The number of carbonyl (C=O) groups excluding carboxylic acids is 1. The molecule has 118 valence electrons. The van der Waals surface area contributed by atoms with Gasteiger partial charge in [-0.1, -0.05) is 103 Å². The van der Waals surface area contributed by atoms with Gasteiger partial charge in [0.1, 0.15) is 0 Å². The zero-order chi connectivity index (χ0) is 15.2. The molecule has 0 aromatic carbocycles. The van der Waals surface area contributed by atoms with Crippen molar-refractivity contribution in [2.75, 3.05) is 6.61 Å². The molecule has 0 saturated heterocycles. The van der Waals surface area contributed by atoms with Crippen LogP contribution in [0.25, 0.3) is 0 Å². The molecule has 0 rings (SSSR count). The van der Waals surface area contributed by atoms with Crippen molar-refractivity contribution < 1.29 is 9.53 Å². The lowest BCUT2D eigenvalue weighted by Crippen LogP contribution is -2.05. The summed E-state index contributed by atoms with van der Waals surface area (Å²) in [6.07, 6.45) is 10.4. The van der Waals surface area contributed by atoms with Gasteiger partial charge in [-0.25, -0.2) is 4.79 Å². The van der Waals surface area contributed by atoms with Crippen LogP contribution in [-0.4, -0.2) is 23.7 Å². The number of carbonyl (C=O) groups is 1. The molecule has 0 N–H and O–H groups in total. The molecule has 0 aliphatic heterocycles. The Morgan fingerprint density at radius 3 is 2.05 bits per heavy atom. The van der Waals surface area contributed by atoms with Gasteiger partial charge in [-0.3, -0.25) is 0 Å². The molecular weight excluding hydrogens is 494 g/mol. The number of hydrogen-bond acceptors (Lipinski definition) is 2. The molecule has 0 aliphatic carbocycles. The first-order chi connectivity index (χ1) is 9.54. The second-order valence-corrected chi connectivity index (χ2v) is 16.1. The molecule has 0 amide bonds. The highest BCUT2D eigenvalue weighted by atomic mass is 127. The van der Waals surface area contributed by atoms with Gasteiger partial charge in [-0.05, 0) is 13.3 Å². The average Bonchev–Trinajstić information content (AvgIpc) is 2.39. The maximum atomic E-state index is 11.1. The third-order valence-corrected chi connectivity index (χ3v) is 8.23. The van der Waals surface area contributed by atoms with Gasteiger partial charge in [0.25, 0.3) is 0 Å². The zero-order valence-electron chi connectivity index (χ0n) is 12.6. The van der Waals surface area contributed by atoms with Gasteiger partial charge in [0.2, 0.25) is 0 Å². The predicted octanol–water partition coefficient (Wildman–Crippen LogP) is 4.97. The van der Waals surface area contributed by atoms with Crippen LogP contribution in [0.1, 0.15) is 58.3 Å². The van der Waals surface area contributed by atoms with Gasteiger partial charge >= 0.3 is 5.97 Å². The average molecular weight is 522 g/mol. The van der Waals surface area contributed by atoms with Crippen molar-refractivity contribution in [3.8, 4) is 0 Å². The monoisotopic (exact) mass is 522 g/mol. The summed E-state index contributed by atoms with van der Waals surface area (Å²) in [6.45, 7) is 5.79. The van der Waals surface area contributed by atoms with E-state index in [4.69, 9.17) is 4.74 Å². The Bertz CT molecular complexity index is 271. The predicted molar refractivity (Wildman–Crippen MR) is 108 cm³/mol. The topological polar surface area (TPSA) is 26.3 Å². The lowest BCUT2D eigenvalue weighted by molar-refractivity contribution is -0.139. The Labute approximate surface area is 154 Å². The highest BCUT2D eigenvalue weighted by molar-refractivity contribution is 14.2. The van der Waals surface area contributed by atoms with Gasteiger partial charge in [-0.2, -0.15) is 0 Å². The first-order valence-corrected chi connectivity index (χ1v) is 12.0. The third kappa shape index (κ3) is 15.3. The minimum atomic E-state index is -0.256. The molecule has 20 heavy (non-hydrogen) atoms. The zero-order valence-corrected chi connectivity index (χ0v) is 18.4. The first kappa shape index (κ1) is 20.9. The summed E-state index contributed by atoms with van der Waals surface area (Å²) in [5.74, 6) is -0.256. The number of esters is 1. The quantitative estimate of drug-likeness (QED) is 0.0854. The fourth-order valence-corrected chi connectivity index (χ4v) is 5.52. The van der Waals surface area contributed by atoms with Crippen molar-refractivity contribution in [2.45, 2.75) is 65.9 Å². The molecule has 0 fully saturated rings. The Morgan fingerprint density at radius 1 is 1.05 bits per heavy atom. The Morgan fingerprint density at radius 2 is 1.55 bits per heavy atom. The Hall–Kier alpha value is 0.887. The van der Waals surface area contributed by atoms with E-state index in [-0.39, 0.29) is 15.5 Å². The van der Waals surface area contributed by atoms with Crippen molar-refractivity contribution in [1.82, 2.24) is 0 Å². The van der Waals surface area contributed by atoms with E-state index in [1.807, 2.05) is 0 Å². The minimum Gasteiger partial charge on any atom is -0.462 e. The van der Waals surface area contributed by atoms with Crippen LogP contribution in [0.2, 0.25) is 6.04 Å². The summed E-state index contributed by atoms with van der Waals surface area (Å²) in [6, 6.07) is 1.52. The van der Waals surface area contributed by atoms with E-state index in [1.165, 1.54) is 51.0 Å². The van der Waals surface area contributed by atoms with Crippen molar-refractivity contribution in [1.29, 1.82) is 0 Å². The summed E-state index contributed by atoms with van der Waals surface area (Å²) in [4.78, 5) is 11.1. The fraction of sp³-hybridized carbons (Fsp3) is 0.800. The summed E-state index contributed by atoms with van der Waals surface area (Å²) in [5.41, 5.74) is 0.490. The van der Waals surface area contributed by atoms with E-state index in [0.29, 0.717) is 12.2 Å². The second kappa shape index (κ2) is 14.8. The molecular formula is C15H28I2O2Si. The maximum absolute atomic E-state index is 11.1. The van der Waals surface area contributed by atoms with Crippen molar-refractivity contribution in [3.63, 3.8) is 0 Å². The van der Waals surface area contributed by atoms with Gasteiger partial charge in [0.15, 0.2) is 0 Å². The minimum absolute atomic E-state index is 0.206. The largest absolute Gasteiger partial charge is 0.462 e. The van der Waals surface area contributed by atoms with Crippen LogP contribution < -0.4 is 0 Å². The van der Waals surface area contributed by atoms with E-state index in [9.17, 15) is 4.79 Å². The summed E-state index contributed by atoms with van der Waals surface area (Å²) in [7, 11) is 0.206. The molecule has 0 heterocycles. The second-order valence-electron chi connectivity index (χ2n) is 5.28. The third-order valence-electron chi connectivity index (χ3n) is 3.15. The molecule has 2 nitrogen and oxygen atoms in total. The number of alkyl halides is 2. The number of unbranched alkanes of at least 4 members (excludes halogenated alkanes) is 7. The highest BCUT2D eigenvalue weighted by Crippen LogP contribution is 2.13. The smallest absolute Gasteiger partial charge is 0.333 e. The highest BCUT2D eigenvalue weighted by Gasteiger charge is 2.01. The molecule has 0 unspecified atom stereocenters. The molecule has 0 aromatic rings. The fourth-order valence-electron chi connectivity index (χ4n) is 1.93. The van der Waals surface area contributed by atoms with Crippen LogP contribution in [0.5, 0.6) is 0 Å². The van der Waals surface area contributed by atoms with Crippen LogP contribution in [0, 0.1) is 0 Å². The van der Waals surface area contributed by atoms with Crippen molar-refractivity contribution in [2.24, 2.45) is 0 Å². The number of hydrogen-bond donors (Lipinski definition) is 0. The molecule has 0 bridgehead atoms. The summed E-state index contributed by atoms with van der Waals surface area (Å²) in [5, 5.41) is 0. The molecule has 0 atom stereocenters. The van der Waals surface area contributed by atoms with E-state index in [1.54, 1.807) is 6.92 Å². The van der Waals surface area contributed by atoms with Crippen molar-refractivity contribution >= 4 is 60.7 Å². The van der Waals surface area contributed by atoms with Gasteiger partial charge < -0.3 is 4.74 Å². The lowest BCUT2D eigenvalue weighted by atomic mass is 10.1. The Balaban J connectivity index is 3.10. The number of rotatable bonds is 13. The van der Waals surface area contributed by atoms with Crippen molar-refractivity contribution in [3.05, 3.63) is 12.2 Å². The maximum Gasteiger partial charge on any atom is 0.333 e. The van der Waals surface area contributed by atoms with E-state index in [0.717, 1.165) is 7.98 Å². The lowest BCUT2D eigenvalue weighted by Gasteiger charge is -2.04. The van der Waals surface area contributed by atoms with Crippen LogP contribution in [0.3, 0.4) is 0 Å². The molecule has 0 spiro atoms. The SMILES string of the molecule is C=C(C)C(=O)OCCCCCCCCCC[SiH2]C(I)I. The molecule has 5 heteroatoms. The van der Waals surface area contributed by atoms with Gasteiger partial charge in [-0.15, -0.1) is 0 Å². The van der Waals surface area contributed by atoms with Crippen LogP contribution in [-0.2, 0) is 9.53 Å². The standard InChI is InChI=1S/C15H28I2O2Si/c1-13(2)14(18)19-11-9-7-5-3-4-6-8-10-12-20-15(16)17/h15H,1,3-12,20H2,2H3. The Kier molecular flexibility index (Phi) is 15.5.